The third kappa shape index (κ3) is 2.08. The Morgan fingerprint density at radius 1 is 1.21 bits per heavy atom. The molecule has 1 aromatic heterocycles. The Morgan fingerprint density at radius 2 is 1.64 bits per heavy atom. The Bertz CT molecular complexity index is 404. The third-order valence-corrected chi connectivity index (χ3v) is 1.83. The fraction of sp³-hybridized carbons (Fsp3) is 0.167. The van der Waals surface area contributed by atoms with Crippen LogP contribution in [0.2, 0.25) is 0 Å². The zero-order valence-corrected chi connectivity index (χ0v) is 8.46. The molecule has 0 atom stereocenters. The monoisotopic (exact) mass is 184 g/mol. The van der Waals surface area contributed by atoms with E-state index in [9.17, 15) is 0 Å². The fourth-order valence-corrected chi connectivity index (χ4v) is 1.03. The molecule has 0 spiro atoms. The molecule has 0 aliphatic carbocycles. The van der Waals surface area contributed by atoms with E-state index in [1.54, 1.807) is 12.1 Å². The first-order valence-electron chi connectivity index (χ1n) is 4.28. The Hall–Kier alpha value is -1.88. The molecule has 2 heteroatoms. The van der Waals surface area contributed by atoms with E-state index in [4.69, 9.17) is 5.26 Å². The van der Waals surface area contributed by atoms with Gasteiger partial charge in [-0.1, -0.05) is 13.2 Å². The summed E-state index contributed by atoms with van der Waals surface area (Å²) in [6.45, 7) is 11.3. The van der Waals surface area contributed by atoms with Crippen LogP contribution in [0.15, 0.2) is 25.3 Å². The molecule has 0 aliphatic heterocycles. The van der Waals surface area contributed by atoms with Crippen molar-refractivity contribution >= 4 is 11.1 Å². The van der Waals surface area contributed by atoms with Crippen LogP contribution in [-0.4, -0.2) is 4.98 Å². The average molecular weight is 184 g/mol. The van der Waals surface area contributed by atoms with Crippen LogP contribution in [0.4, 0.5) is 0 Å². The van der Waals surface area contributed by atoms with Crippen LogP contribution in [0.3, 0.4) is 0 Å². The molecule has 0 aromatic carbocycles. The Morgan fingerprint density at radius 3 is 1.93 bits per heavy atom. The van der Waals surface area contributed by atoms with E-state index in [0.717, 1.165) is 22.5 Å². The number of nitrogens with zero attached hydrogens (tertiary/aromatic N) is 2. The molecule has 1 heterocycles. The van der Waals surface area contributed by atoms with Gasteiger partial charge in [0, 0.05) is 0 Å². The van der Waals surface area contributed by atoms with Crippen molar-refractivity contribution in [1.29, 1.82) is 5.26 Å². The van der Waals surface area contributed by atoms with Gasteiger partial charge in [-0.3, -0.25) is 0 Å². The maximum Gasteiger partial charge on any atom is 0.0993 e. The summed E-state index contributed by atoms with van der Waals surface area (Å²) in [4.78, 5) is 4.33. The van der Waals surface area contributed by atoms with Gasteiger partial charge < -0.3 is 0 Å². The van der Waals surface area contributed by atoms with Gasteiger partial charge in [0.05, 0.1) is 23.0 Å². The molecule has 0 bridgehead atoms. The molecule has 0 unspecified atom stereocenters. The van der Waals surface area contributed by atoms with Crippen molar-refractivity contribution in [1.82, 2.24) is 4.98 Å². The van der Waals surface area contributed by atoms with Gasteiger partial charge in [-0.25, -0.2) is 4.98 Å². The van der Waals surface area contributed by atoms with E-state index in [1.807, 2.05) is 13.8 Å². The maximum atomic E-state index is 8.81. The molecular formula is C12H12N2. The fourth-order valence-electron chi connectivity index (χ4n) is 1.03. The van der Waals surface area contributed by atoms with E-state index in [-0.39, 0.29) is 0 Å². The van der Waals surface area contributed by atoms with Crippen molar-refractivity contribution in [3.8, 4) is 6.07 Å². The first-order valence-corrected chi connectivity index (χ1v) is 4.28. The van der Waals surface area contributed by atoms with Crippen molar-refractivity contribution < 1.29 is 0 Å². The minimum atomic E-state index is 0.594. The molecule has 2 nitrogen and oxygen atoms in total. The maximum absolute atomic E-state index is 8.81. The normalized spacial score (nSPS) is 9.21. The summed E-state index contributed by atoms with van der Waals surface area (Å²) < 4.78 is 0. The minimum Gasteiger partial charge on any atom is -0.248 e. The van der Waals surface area contributed by atoms with Crippen molar-refractivity contribution in [2.24, 2.45) is 0 Å². The predicted octanol–water partition coefficient (Wildman–Crippen LogP) is 3.02. The smallest absolute Gasteiger partial charge is 0.0993 e. The van der Waals surface area contributed by atoms with Crippen LogP contribution >= 0.6 is 0 Å². The van der Waals surface area contributed by atoms with E-state index in [0.29, 0.717) is 5.56 Å². The molecule has 0 N–H and O–H groups in total. The number of pyridine rings is 1. The molecule has 0 radical (unpaired) electrons. The van der Waals surface area contributed by atoms with Crippen LogP contribution in [0.25, 0.3) is 11.1 Å². The first-order chi connectivity index (χ1) is 6.54. The zero-order chi connectivity index (χ0) is 10.7. The second kappa shape index (κ2) is 3.89. The second-order valence-corrected chi connectivity index (χ2v) is 3.30. The lowest BCUT2D eigenvalue weighted by Crippen LogP contribution is -1.93. The highest BCUT2D eigenvalue weighted by atomic mass is 14.7. The van der Waals surface area contributed by atoms with Crippen molar-refractivity contribution in [2.75, 3.05) is 0 Å². The molecule has 0 amide bonds. The van der Waals surface area contributed by atoms with Crippen LogP contribution in [0.5, 0.6) is 0 Å². The number of aromatic nitrogens is 1. The highest BCUT2D eigenvalue weighted by Gasteiger charge is 2.03. The van der Waals surface area contributed by atoms with E-state index >= 15 is 0 Å². The molecule has 1 aromatic rings. The molecule has 0 aliphatic rings. The Balaban J connectivity index is 3.36. The molecule has 14 heavy (non-hydrogen) atoms. The average Bonchev–Trinajstić information content (AvgIpc) is 2.16. The summed E-state index contributed by atoms with van der Waals surface area (Å²) >= 11 is 0. The molecule has 0 saturated carbocycles. The SMILES string of the molecule is C=C(C)c1cc(C#N)cc(C(=C)C)n1. The van der Waals surface area contributed by atoms with Crippen LogP contribution < -0.4 is 0 Å². The summed E-state index contributed by atoms with van der Waals surface area (Å²) in [7, 11) is 0. The van der Waals surface area contributed by atoms with E-state index in [1.165, 1.54) is 0 Å². The summed E-state index contributed by atoms with van der Waals surface area (Å²) in [5.41, 5.74) is 3.80. The van der Waals surface area contributed by atoms with Gasteiger partial charge in [-0.05, 0) is 37.1 Å². The summed E-state index contributed by atoms with van der Waals surface area (Å²) in [5, 5.41) is 8.81. The summed E-state index contributed by atoms with van der Waals surface area (Å²) in [6, 6.07) is 5.56. The number of hydrogen-bond donors (Lipinski definition) is 0. The molecule has 0 saturated heterocycles. The van der Waals surface area contributed by atoms with Crippen molar-refractivity contribution in [3.05, 3.63) is 42.2 Å². The molecule has 70 valence electrons. The lowest BCUT2D eigenvalue weighted by molar-refractivity contribution is 1.21. The van der Waals surface area contributed by atoms with E-state index in [2.05, 4.69) is 24.2 Å². The quantitative estimate of drug-likeness (QED) is 0.708. The number of hydrogen-bond acceptors (Lipinski definition) is 2. The standard InChI is InChI=1S/C12H12N2/c1-8(2)11-5-10(7-13)6-12(14-11)9(3)4/h5-6H,1,3H2,2,4H3. The summed E-state index contributed by atoms with van der Waals surface area (Å²) in [6.07, 6.45) is 0. The number of allylic oxidation sites excluding steroid dienone is 2. The lowest BCUT2D eigenvalue weighted by Gasteiger charge is -2.04. The van der Waals surface area contributed by atoms with Gasteiger partial charge in [0.2, 0.25) is 0 Å². The van der Waals surface area contributed by atoms with Gasteiger partial charge in [0.25, 0.3) is 0 Å². The van der Waals surface area contributed by atoms with Gasteiger partial charge in [0.1, 0.15) is 0 Å². The van der Waals surface area contributed by atoms with Crippen molar-refractivity contribution in [3.63, 3.8) is 0 Å². The van der Waals surface area contributed by atoms with Gasteiger partial charge in [-0.2, -0.15) is 5.26 Å². The Labute approximate surface area is 84.2 Å². The van der Waals surface area contributed by atoms with Gasteiger partial charge in [0.15, 0.2) is 0 Å². The molecule has 1 rings (SSSR count). The van der Waals surface area contributed by atoms with E-state index < -0.39 is 0 Å². The zero-order valence-electron chi connectivity index (χ0n) is 8.46. The van der Waals surface area contributed by atoms with Gasteiger partial charge in [-0.15, -0.1) is 0 Å². The Kier molecular flexibility index (Phi) is 2.83. The second-order valence-electron chi connectivity index (χ2n) is 3.30. The third-order valence-electron chi connectivity index (χ3n) is 1.83. The van der Waals surface area contributed by atoms with Crippen LogP contribution in [0.1, 0.15) is 30.8 Å². The van der Waals surface area contributed by atoms with Crippen LogP contribution in [-0.2, 0) is 0 Å². The largest absolute Gasteiger partial charge is 0.248 e. The van der Waals surface area contributed by atoms with Gasteiger partial charge >= 0.3 is 0 Å². The topological polar surface area (TPSA) is 36.7 Å². The number of nitriles is 1. The van der Waals surface area contributed by atoms with Crippen LogP contribution in [0, 0.1) is 11.3 Å². The van der Waals surface area contributed by atoms with Crippen molar-refractivity contribution in [2.45, 2.75) is 13.8 Å². The lowest BCUT2D eigenvalue weighted by atomic mass is 10.1. The highest BCUT2D eigenvalue weighted by Crippen LogP contribution is 2.16. The predicted molar refractivity (Wildman–Crippen MR) is 58.4 cm³/mol. The number of rotatable bonds is 2. The summed E-state index contributed by atoms with van der Waals surface area (Å²) in [5.74, 6) is 0. The molecule has 0 fully saturated rings. The minimum absolute atomic E-state index is 0.594. The molecular weight excluding hydrogens is 172 g/mol. The first kappa shape index (κ1) is 10.2. The highest BCUT2D eigenvalue weighted by molar-refractivity contribution is 5.65.